The van der Waals surface area contributed by atoms with Gasteiger partial charge in [0.15, 0.2) is 0 Å². The minimum atomic E-state index is -0.948. The SMILES string of the molecule is CC(O)C(=O)NC1c2ccccc2CCC1C. The molecular formula is C14H19NO2. The molecule has 1 amide bonds. The topological polar surface area (TPSA) is 49.3 Å². The van der Waals surface area contributed by atoms with E-state index < -0.39 is 6.10 Å². The van der Waals surface area contributed by atoms with Crippen molar-refractivity contribution < 1.29 is 9.90 Å². The second-order valence-electron chi connectivity index (χ2n) is 4.88. The fourth-order valence-corrected chi connectivity index (χ4v) is 2.42. The van der Waals surface area contributed by atoms with E-state index in [0.29, 0.717) is 5.92 Å². The Balaban J connectivity index is 2.24. The molecule has 1 aliphatic rings. The first-order chi connectivity index (χ1) is 8.09. The third-order valence-corrected chi connectivity index (χ3v) is 3.51. The van der Waals surface area contributed by atoms with Gasteiger partial charge in [-0.25, -0.2) is 0 Å². The maximum absolute atomic E-state index is 11.6. The number of carbonyl (C=O) groups is 1. The Labute approximate surface area is 102 Å². The zero-order valence-electron chi connectivity index (χ0n) is 10.3. The highest BCUT2D eigenvalue weighted by molar-refractivity contribution is 5.80. The van der Waals surface area contributed by atoms with Crippen molar-refractivity contribution >= 4 is 5.91 Å². The van der Waals surface area contributed by atoms with Gasteiger partial charge in [-0.2, -0.15) is 0 Å². The monoisotopic (exact) mass is 233 g/mol. The molecule has 0 saturated carbocycles. The van der Waals surface area contributed by atoms with Crippen LogP contribution in [0.2, 0.25) is 0 Å². The quantitative estimate of drug-likeness (QED) is 0.818. The van der Waals surface area contributed by atoms with Crippen LogP contribution in [0.25, 0.3) is 0 Å². The third-order valence-electron chi connectivity index (χ3n) is 3.51. The van der Waals surface area contributed by atoms with Crippen LogP contribution in [-0.2, 0) is 11.2 Å². The largest absolute Gasteiger partial charge is 0.384 e. The number of aryl methyl sites for hydroxylation is 1. The van der Waals surface area contributed by atoms with Crippen LogP contribution in [0.15, 0.2) is 24.3 Å². The van der Waals surface area contributed by atoms with Crippen molar-refractivity contribution in [2.24, 2.45) is 5.92 Å². The van der Waals surface area contributed by atoms with Gasteiger partial charge in [0.25, 0.3) is 0 Å². The number of aliphatic hydroxyl groups excluding tert-OH is 1. The van der Waals surface area contributed by atoms with Gasteiger partial charge in [-0.1, -0.05) is 31.2 Å². The van der Waals surface area contributed by atoms with Gasteiger partial charge in [0.1, 0.15) is 6.10 Å². The molecule has 0 fully saturated rings. The summed E-state index contributed by atoms with van der Waals surface area (Å²) in [7, 11) is 0. The molecule has 92 valence electrons. The standard InChI is InChI=1S/C14H19NO2/c1-9-7-8-11-5-3-4-6-12(11)13(9)15-14(17)10(2)16/h3-6,9-10,13,16H,7-8H2,1-2H3,(H,15,17). The molecule has 3 unspecified atom stereocenters. The Morgan fingerprint density at radius 1 is 1.47 bits per heavy atom. The van der Waals surface area contributed by atoms with Crippen LogP contribution in [0.3, 0.4) is 0 Å². The highest BCUT2D eigenvalue weighted by Crippen LogP contribution is 2.33. The van der Waals surface area contributed by atoms with Gasteiger partial charge in [-0.05, 0) is 36.8 Å². The molecule has 0 bridgehead atoms. The van der Waals surface area contributed by atoms with E-state index in [-0.39, 0.29) is 11.9 Å². The summed E-state index contributed by atoms with van der Waals surface area (Å²) in [6.07, 6.45) is 1.19. The van der Waals surface area contributed by atoms with Crippen LogP contribution in [0.4, 0.5) is 0 Å². The van der Waals surface area contributed by atoms with Gasteiger partial charge < -0.3 is 10.4 Å². The summed E-state index contributed by atoms with van der Waals surface area (Å²) in [4.78, 5) is 11.6. The van der Waals surface area contributed by atoms with Gasteiger partial charge in [0.2, 0.25) is 5.91 Å². The van der Waals surface area contributed by atoms with Gasteiger partial charge in [-0.3, -0.25) is 4.79 Å². The summed E-state index contributed by atoms with van der Waals surface area (Å²) in [5.41, 5.74) is 2.50. The molecule has 1 aromatic rings. The Hall–Kier alpha value is -1.35. The van der Waals surface area contributed by atoms with E-state index in [4.69, 9.17) is 0 Å². The predicted molar refractivity (Wildman–Crippen MR) is 66.5 cm³/mol. The minimum absolute atomic E-state index is 0.0297. The first-order valence-electron chi connectivity index (χ1n) is 6.16. The number of rotatable bonds is 2. The number of hydrogen-bond acceptors (Lipinski definition) is 2. The summed E-state index contributed by atoms with van der Waals surface area (Å²) in [5.74, 6) is 0.117. The van der Waals surface area contributed by atoms with Crippen LogP contribution in [0.5, 0.6) is 0 Å². The number of aliphatic hydroxyl groups is 1. The van der Waals surface area contributed by atoms with E-state index in [9.17, 15) is 9.90 Å². The molecule has 3 nitrogen and oxygen atoms in total. The van der Waals surface area contributed by atoms with E-state index in [1.807, 2.05) is 12.1 Å². The predicted octanol–water partition coefficient (Wildman–Crippen LogP) is 1.81. The number of nitrogens with one attached hydrogen (secondary N) is 1. The summed E-state index contributed by atoms with van der Waals surface area (Å²) in [5, 5.41) is 12.2. The molecule has 0 aromatic heterocycles. The van der Waals surface area contributed by atoms with E-state index in [1.54, 1.807) is 0 Å². The molecule has 0 aliphatic heterocycles. The van der Waals surface area contributed by atoms with Crippen LogP contribution in [-0.4, -0.2) is 17.1 Å². The molecule has 17 heavy (non-hydrogen) atoms. The van der Waals surface area contributed by atoms with Crippen LogP contribution in [0, 0.1) is 5.92 Å². The maximum atomic E-state index is 11.6. The van der Waals surface area contributed by atoms with Gasteiger partial charge >= 0.3 is 0 Å². The van der Waals surface area contributed by atoms with Gasteiger partial charge in [0.05, 0.1) is 6.04 Å². The van der Waals surface area contributed by atoms with Crippen molar-refractivity contribution in [2.45, 2.75) is 38.8 Å². The lowest BCUT2D eigenvalue weighted by Gasteiger charge is -2.32. The Morgan fingerprint density at radius 2 is 2.18 bits per heavy atom. The summed E-state index contributed by atoms with van der Waals surface area (Å²) < 4.78 is 0. The summed E-state index contributed by atoms with van der Waals surface area (Å²) in [6.45, 7) is 3.64. The highest BCUT2D eigenvalue weighted by atomic mass is 16.3. The Bertz CT molecular complexity index is 414. The molecular weight excluding hydrogens is 214 g/mol. The van der Waals surface area contributed by atoms with Crippen LogP contribution >= 0.6 is 0 Å². The lowest BCUT2D eigenvalue weighted by Crippen LogP contribution is -2.40. The molecule has 0 heterocycles. The third kappa shape index (κ3) is 2.50. The minimum Gasteiger partial charge on any atom is -0.384 e. The molecule has 3 atom stereocenters. The molecule has 1 aromatic carbocycles. The normalized spacial score (nSPS) is 24.9. The number of benzene rings is 1. The van der Waals surface area contributed by atoms with Crippen molar-refractivity contribution in [3.05, 3.63) is 35.4 Å². The molecule has 2 rings (SSSR count). The van der Waals surface area contributed by atoms with Gasteiger partial charge in [0, 0.05) is 0 Å². The Kier molecular flexibility index (Phi) is 3.48. The highest BCUT2D eigenvalue weighted by Gasteiger charge is 2.28. The van der Waals surface area contributed by atoms with Crippen molar-refractivity contribution in [1.82, 2.24) is 5.32 Å². The van der Waals surface area contributed by atoms with E-state index in [1.165, 1.54) is 18.1 Å². The van der Waals surface area contributed by atoms with Crippen molar-refractivity contribution in [3.63, 3.8) is 0 Å². The second-order valence-corrected chi connectivity index (χ2v) is 4.88. The van der Waals surface area contributed by atoms with Crippen molar-refractivity contribution in [1.29, 1.82) is 0 Å². The molecule has 0 saturated heterocycles. The first kappa shape index (κ1) is 12.1. The smallest absolute Gasteiger partial charge is 0.249 e. The van der Waals surface area contributed by atoms with Gasteiger partial charge in [-0.15, -0.1) is 0 Å². The Morgan fingerprint density at radius 3 is 2.88 bits per heavy atom. The number of fused-ring (bicyclic) bond motifs is 1. The summed E-state index contributed by atoms with van der Waals surface area (Å²) in [6, 6.07) is 8.24. The number of amides is 1. The van der Waals surface area contributed by atoms with Crippen LogP contribution in [0.1, 0.15) is 37.4 Å². The van der Waals surface area contributed by atoms with E-state index in [0.717, 1.165) is 12.8 Å². The lowest BCUT2D eigenvalue weighted by atomic mass is 9.80. The number of hydrogen-bond donors (Lipinski definition) is 2. The molecule has 2 N–H and O–H groups in total. The van der Waals surface area contributed by atoms with Crippen molar-refractivity contribution in [2.75, 3.05) is 0 Å². The average Bonchev–Trinajstić information content (AvgIpc) is 2.32. The molecule has 0 radical (unpaired) electrons. The van der Waals surface area contributed by atoms with E-state index in [2.05, 4.69) is 24.4 Å². The maximum Gasteiger partial charge on any atom is 0.249 e. The average molecular weight is 233 g/mol. The molecule has 1 aliphatic carbocycles. The fraction of sp³-hybridized carbons (Fsp3) is 0.500. The van der Waals surface area contributed by atoms with Crippen LogP contribution < -0.4 is 5.32 Å². The molecule has 0 spiro atoms. The second kappa shape index (κ2) is 4.88. The van der Waals surface area contributed by atoms with E-state index >= 15 is 0 Å². The fourth-order valence-electron chi connectivity index (χ4n) is 2.42. The first-order valence-corrected chi connectivity index (χ1v) is 6.16. The summed E-state index contributed by atoms with van der Waals surface area (Å²) >= 11 is 0. The van der Waals surface area contributed by atoms with Crippen molar-refractivity contribution in [3.8, 4) is 0 Å². The zero-order valence-corrected chi connectivity index (χ0v) is 10.3. The molecule has 3 heteroatoms. The zero-order chi connectivity index (χ0) is 12.4. The lowest BCUT2D eigenvalue weighted by molar-refractivity contribution is -0.129. The number of carbonyl (C=O) groups excluding carboxylic acids is 1.